The normalized spacial score (nSPS) is 21.5. The summed E-state index contributed by atoms with van der Waals surface area (Å²) in [5.74, 6) is 0.416. The van der Waals surface area contributed by atoms with Gasteiger partial charge in [0, 0.05) is 25.2 Å². The quantitative estimate of drug-likeness (QED) is 0.736. The molecule has 18 heavy (non-hydrogen) atoms. The van der Waals surface area contributed by atoms with E-state index in [0.717, 1.165) is 31.6 Å². The number of likely N-dealkylation sites (tertiary alicyclic amines) is 1. The fourth-order valence-electron chi connectivity index (χ4n) is 2.41. The third-order valence-electron chi connectivity index (χ3n) is 3.25. The number of piperidine rings is 1. The summed E-state index contributed by atoms with van der Waals surface area (Å²) in [6, 6.07) is 1.78. The molecule has 1 fully saturated rings. The average Bonchev–Trinajstić information content (AvgIpc) is 2.77. The highest BCUT2D eigenvalue weighted by molar-refractivity contribution is 5.25. The van der Waals surface area contributed by atoms with Gasteiger partial charge in [-0.2, -0.15) is 4.52 Å². The van der Waals surface area contributed by atoms with Gasteiger partial charge in [-0.05, 0) is 19.4 Å². The van der Waals surface area contributed by atoms with Crippen LogP contribution in [0.3, 0.4) is 0 Å². The van der Waals surface area contributed by atoms with Gasteiger partial charge in [-0.1, -0.05) is 0 Å². The van der Waals surface area contributed by atoms with E-state index in [0.29, 0.717) is 12.3 Å². The maximum atomic E-state index is 11.8. The second-order valence-electron chi connectivity index (χ2n) is 4.75. The molecule has 0 radical (unpaired) electrons. The van der Waals surface area contributed by atoms with Gasteiger partial charge in [-0.15, -0.1) is 0 Å². The van der Waals surface area contributed by atoms with E-state index in [1.807, 2.05) is 0 Å². The minimum Gasteiger partial charge on any atom is -0.327 e. The third kappa shape index (κ3) is 2.14. The van der Waals surface area contributed by atoms with Crippen LogP contribution < -0.4 is 11.3 Å². The van der Waals surface area contributed by atoms with Crippen molar-refractivity contribution < 1.29 is 0 Å². The number of fused-ring (bicyclic) bond motifs is 1. The fraction of sp³-hybridized carbons (Fsp3) is 0.545. The van der Waals surface area contributed by atoms with Gasteiger partial charge in [0.15, 0.2) is 0 Å². The maximum Gasteiger partial charge on any atom is 0.274 e. The molecular formula is C11H16N6O. The summed E-state index contributed by atoms with van der Waals surface area (Å²) in [7, 11) is 0. The summed E-state index contributed by atoms with van der Waals surface area (Å²) in [5.41, 5.74) is 6.56. The Kier molecular flexibility index (Phi) is 2.85. The lowest BCUT2D eigenvalue weighted by Gasteiger charge is -2.30. The SMILES string of the molecule is NC1CCCN(Cc2cc(=O)n3[nH]cnc3n2)C1. The van der Waals surface area contributed by atoms with Crippen LogP contribution in [-0.2, 0) is 6.54 Å². The largest absolute Gasteiger partial charge is 0.327 e. The molecule has 0 aromatic carbocycles. The van der Waals surface area contributed by atoms with E-state index >= 15 is 0 Å². The van der Waals surface area contributed by atoms with E-state index in [1.54, 1.807) is 6.07 Å². The van der Waals surface area contributed by atoms with E-state index in [-0.39, 0.29) is 11.6 Å². The van der Waals surface area contributed by atoms with Crippen LogP contribution in [0.25, 0.3) is 5.78 Å². The molecule has 0 bridgehead atoms. The Bertz CT molecular complexity index is 603. The Balaban J connectivity index is 1.83. The van der Waals surface area contributed by atoms with Crippen molar-refractivity contribution in [3.8, 4) is 0 Å². The lowest BCUT2D eigenvalue weighted by molar-refractivity contribution is 0.199. The molecule has 1 atom stereocenters. The van der Waals surface area contributed by atoms with Crippen molar-refractivity contribution in [1.82, 2.24) is 24.5 Å². The molecule has 96 valence electrons. The van der Waals surface area contributed by atoms with E-state index in [9.17, 15) is 4.79 Å². The lowest BCUT2D eigenvalue weighted by atomic mass is 10.1. The monoisotopic (exact) mass is 248 g/mol. The molecule has 1 saturated heterocycles. The molecule has 3 heterocycles. The van der Waals surface area contributed by atoms with Gasteiger partial charge in [-0.3, -0.25) is 14.8 Å². The first-order chi connectivity index (χ1) is 8.72. The molecule has 1 aliphatic heterocycles. The molecular weight excluding hydrogens is 232 g/mol. The van der Waals surface area contributed by atoms with Gasteiger partial charge in [0.2, 0.25) is 0 Å². The first-order valence-electron chi connectivity index (χ1n) is 6.12. The summed E-state index contributed by atoms with van der Waals surface area (Å²) >= 11 is 0. The van der Waals surface area contributed by atoms with E-state index < -0.39 is 0 Å². The van der Waals surface area contributed by atoms with Crippen molar-refractivity contribution in [3.63, 3.8) is 0 Å². The highest BCUT2D eigenvalue weighted by Crippen LogP contribution is 2.10. The predicted octanol–water partition coefficient (Wildman–Crippen LogP) is -0.659. The van der Waals surface area contributed by atoms with Crippen molar-refractivity contribution >= 4 is 5.78 Å². The zero-order chi connectivity index (χ0) is 12.5. The van der Waals surface area contributed by atoms with Crippen LogP contribution in [0.5, 0.6) is 0 Å². The molecule has 7 heteroatoms. The minimum absolute atomic E-state index is 0.131. The van der Waals surface area contributed by atoms with Crippen LogP contribution in [0.1, 0.15) is 18.5 Å². The maximum absolute atomic E-state index is 11.8. The Hall–Kier alpha value is -1.73. The molecule has 7 nitrogen and oxygen atoms in total. The molecule has 3 rings (SSSR count). The third-order valence-corrected chi connectivity index (χ3v) is 3.25. The van der Waals surface area contributed by atoms with Crippen LogP contribution in [0, 0.1) is 0 Å². The molecule has 0 amide bonds. The summed E-state index contributed by atoms with van der Waals surface area (Å²) in [4.78, 5) is 22.4. The summed E-state index contributed by atoms with van der Waals surface area (Å²) in [5, 5.41) is 2.72. The number of rotatable bonds is 2. The van der Waals surface area contributed by atoms with E-state index in [4.69, 9.17) is 5.73 Å². The smallest absolute Gasteiger partial charge is 0.274 e. The number of hydrogen-bond donors (Lipinski definition) is 2. The number of nitrogens with one attached hydrogen (secondary N) is 1. The van der Waals surface area contributed by atoms with Crippen molar-refractivity contribution in [2.75, 3.05) is 13.1 Å². The molecule has 1 unspecified atom stereocenters. The van der Waals surface area contributed by atoms with Crippen molar-refractivity contribution in [1.29, 1.82) is 0 Å². The molecule has 2 aromatic heterocycles. The Labute approximate surface area is 104 Å². The standard InChI is InChI=1S/C11H16N6O/c12-8-2-1-3-16(5-8)6-9-4-10(18)17-11(15-9)13-7-14-17/h4,7-8H,1-3,5-6,12H2,(H,13,14,15). The van der Waals surface area contributed by atoms with Crippen molar-refractivity contribution in [2.45, 2.75) is 25.4 Å². The number of aromatic amines is 1. The molecule has 0 saturated carbocycles. The first-order valence-corrected chi connectivity index (χ1v) is 6.12. The highest BCUT2D eigenvalue weighted by Gasteiger charge is 2.17. The number of aromatic nitrogens is 4. The van der Waals surface area contributed by atoms with Crippen LogP contribution in [0.2, 0.25) is 0 Å². The molecule has 0 spiro atoms. The Morgan fingerprint density at radius 3 is 3.28 bits per heavy atom. The number of hydrogen-bond acceptors (Lipinski definition) is 5. The number of H-pyrrole nitrogens is 1. The Morgan fingerprint density at radius 2 is 2.44 bits per heavy atom. The highest BCUT2D eigenvalue weighted by atomic mass is 16.1. The number of nitrogens with two attached hydrogens (primary N) is 1. The fourth-order valence-corrected chi connectivity index (χ4v) is 2.41. The lowest BCUT2D eigenvalue weighted by Crippen LogP contribution is -2.42. The summed E-state index contributed by atoms with van der Waals surface area (Å²) < 4.78 is 1.32. The van der Waals surface area contributed by atoms with E-state index in [1.165, 1.54) is 10.8 Å². The molecule has 0 aliphatic carbocycles. The molecule has 3 N–H and O–H groups in total. The summed E-state index contributed by atoms with van der Waals surface area (Å²) in [6.07, 6.45) is 3.64. The van der Waals surface area contributed by atoms with Crippen molar-refractivity contribution in [2.24, 2.45) is 5.73 Å². The average molecular weight is 248 g/mol. The van der Waals surface area contributed by atoms with Crippen LogP contribution in [0.15, 0.2) is 17.2 Å². The molecule has 1 aliphatic rings. The predicted molar refractivity (Wildman–Crippen MR) is 66.1 cm³/mol. The minimum atomic E-state index is -0.131. The summed E-state index contributed by atoms with van der Waals surface area (Å²) in [6.45, 7) is 2.53. The van der Waals surface area contributed by atoms with Gasteiger partial charge in [-0.25, -0.2) is 9.97 Å². The van der Waals surface area contributed by atoms with Gasteiger partial charge < -0.3 is 5.73 Å². The van der Waals surface area contributed by atoms with Gasteiger partial charge >= 0.3 is 0 Å². The number of nitrogens with zero attached hydrogens (tertiary/aromatic N) is 4. The van der Waals surface area contributed by atoms with Crippen LogP contribution >= 0.6 is 0 Å². The second-order valence-corrected chi connectivity index (χ2v) is 4.75. The topological polar surface area (TPSA) is 92.3 Å². The Morgan fingerprint density at radius 1 is 1.56 bits per heavy atom. The van der Waals surface area contributed by atoms with Gasteiger partial charge in [0.05, 0.1) is 5.69 Å². The zero-order valence-electron chi connectivity index (χ0n) is 10.0. The zero-order valence-corrected chi connectivity index (χ0v) is 10.0. The van der Waals surface area contributed by atoms with Crippen molar-refractivity contribution in [3.05, 3.63) is 28.4 Å². The van der Waals surface area contributed by atoms with Crippen LogP contribution in [-0.4, -0.2) is 43.6 Å². The molecule has 2 aromatic rings. The first kappa shape index (κ1) is 11.4. The van der Waals surface area contributed by atoms with Gasteiger partial charge in [0.1, 0.15) is 6.33 Å². The van der Waals surface area contributed by atoms with Gasteiger partial charge in [0.25, 0.3) is 11.3 Å². The second kappa shape index (κ2) is 4.51. The van der Waals surface area contributed by atoms with E-state index in [2.05, 4.69) is 20.0 Å². The van der Waals surface area contributed by atoms with Crippen LogP contribution in [0.4, 0.5) is 0 Å².